The van der Waals surface area contributed by atoms with E-state index in [1.54, 1.807) is 6.20 Å². The lowest BCUT2D eigenvalue weighted by Crippen LogP contribution is -2.35. The number of hydrogen-bond acceptors (Lipinski definition) is 6. The van der Waals surface area contributed by atoms with Crippen LogP contribution in [0.4, 0.5) is 0 Å². The molecular weight excluding hydrogens is 280 g/mol. The topological polar surface area (TPSA) is 64.3 Å². The second kappa shape index (κ2) is 6.87. The van der Waals surface area contributed by atoms with E-state index in [0.717, 1.165) is 50.5 Å². The van der Waals surface area contributed by atoms with Crippen molar-refractivity contribution in [3.63, 3.8) is 0 Å². The largest absolute Gasteiger partial charge is 0.477 e. The second-order valence-electron chi connectivity index (χ2n) is 5.87. The quantitative estimate of drug-likeness (QED) is 0.845. The first-order chi connectivity index (χ1) is 10.7. The molecule has 2 aromatic rings. The molecule has 0 unspecified atom stereocenters. The highest BCUT2D eigenvalue weighted by Gasteiger charge is 2.21. The van der Waals surface area contributed by atoms with E-state index >= 15 is 0 Å². The van der Waals surface area contributed by atoms with Gasteiger partial charge in [0.15, 0.2) is 0 Å². The normalized spacial score (nSPS) is 16.8. The van der Waals surface area contributed by atoms with E-state index < -0.39 is 0 Å². The van der Waals surface area contributed by atoms with Crippen LogP contribution >= 0.6 is 0 Å². The molecule has 1 aliphatic heterocycles. The van der Waals surface area contributed by atoms with Crippen LogP contribution in [0.1, 0.15) is 30.2 Å². The number of rotatable bonds is 5. The summed E-state index contributed by atoms with van der Waals surface area (Å²) in [6.07, 6.45) is 4.02. The molecule has 1 saturated heterocycles. The average molecular weight is 302 g/mol. The molecule has 22 heavy (non-hydrogen) atoms. The maximum Gasteiger partial charge on any atom is 0.230 e. The number of aromatic nitrogens is 3. The third-order valence-electron chi connectivity index (χ3n) is 4.05. The predicted octanol–water partition coefficient (Wildman–Crippen LogP) is 2.37. The molecule has 118 valence electrons. The molecule has 1 fully saturated rings. The summed E-state index contributed by atoms with van der Waals surface area (Å²) in [5.41, 5.74) is 1.09. The van der Waals surface area contributed by atoms with Crippen LogP contribution in [0.3, 0.4) is 0 Å². The van der Waals surface area contributed by atoms with E-state index in [4.69, 9.17) is 9.15 Å². The zero-order valence-corrected chi connectivity index (χ0v) is 13.2. The maximum atomic E-state index is 5.86. The van der Waals surface area contributed by atoms with Gasteiger partial charge in [0.1, 0.15) is 0 Å². The lowest BCUT2D eigenvalue weighted by molar-refractivity contribution is 0.126. The van der Waals surface area contributed by atoms with Crippen LogP contribution in [0, 0.1) is 19.8 Å². The summed E-state index contributed by atoms with van der Waals surface area (Å²) >= 11 is 0. The SMILES string of the molecule is Cc1nnc(CN2CCC(COc3ncccc3C)CC2)o1. The van der Waals surface area contributed by atoms with E-state index in [1.165, 1.54) is 0 Å². The first-order valence-electron chi connectivity index (χ1n) is 7.76. The fourth-order valence-electron chi connectivity index (χ4n) is 2.72. The van der Waals surface area contributed by atoms with Gasteiger partial charge in [-0.2, -0.15) is 0 Å². The minimum absolute atomic E-state index is 0.585. The Morgan fingerprint density at radius 1 is 1.27 bits per heavy atom. The average Bonchev–Trinajstić information content (AvgIpc) is 2.93. The van der Waals surface area contributed by atoms with E-state index in [9.17, 15) is 0 Å². The van der Waals surface area contributed by atoms with Gasteiger partial charge in [0.05, 0.1) is 13.2 Å². The van der Waals surface area contributed by atoms with Gasteiger partial charge < -0.3 is 9.15 Å². The van der Waals surface area contributed by atoms with Crippen LogP contribution in [0.15, 0.2) is 22.7 Å². The van der Waals surface area contributed by atoms with Crippen molar-refractivity contribution in [3.8, 4) is 5.88 Å². The van der Waals surface area contributed by atoms with Gasteiger partial charge in [-0.1, -0.05) is 6.07 Å². The number of piperidine rings is 1. The van der Waals surface area contributed by atoms with Crippen molar-refractivity contribution in [2.24, 2.45) is 5.92 Å². The van der Waals surface area contributed by atoms with Gasteiger partial charge in [0, 0.05) is 18.7 Å². The molecule has 3 heterocycles. The Hall–Kier alpha value is -1.95. The number of ether oxygens (including phenoxy) is 1. The molecule has 0 saturated carbocycles. The smallest absolute Gasteiger partial charge is 0.230 e. The molecule has 2 aromatic heterocycles. The molecule has 3 rings (SSSR count). The first kappa shape index (κ1) is 15.0. The number of likely N-dealkylation sites (tertiary alicyclic amines) is 1. The van der Waals surface area contributed by atoms with Crippen LogP contribution in [0.2, 0.25) is 0 Å². The van der Waals surface area contributed by atoms with Crippen molar-refractivity contribution in [2.75, 3.05) is 19.7 Å². The molecule has 0 N–H and O–H groups in total. The van der Waals surface area contributed by atoms with Gasteiger partial charge in [-0.15, -0.1) is 10.2 Å². The van der Waals surface area contributed by atoms with Crippen LogP contribution < -0.4 is 4.74 Å². The molecule has 0 bridgehead atoms. The summed E-state index contributed by atoms with van der Waals surface area (Å²) in [5.74, 6) is 2.67. The molecule has 0 aromatic carbocycles. The Kier molecular flexibility index (Phi) is 4.68. The van der Waals surface area contributed by atoms with Gasteiger partial charge in [-0.05, 0) is 44.8 Å². The summed E-state index contributed by atoms with van der Waals surface area (Å²) in [4.78, 5) is 6.63. The number of nitrogens with zero attached hydrogens (tertiary/aromatic N) is 4. The van der Waals surface area contributed by atoms with Gasteiger partial charge >= 0.3 is 0 Å². The Labute approximate surface area is 130 Å². The molecule has 6 nitrogen and oxygen atoms in total. The molecule has 0 spiro atoms. The third kappa shape index (κ3) is 3.82. The van der Waals surface area contributed by atoms with E-state index in [-0.39, 0.29) is 0 Å². The fourth-order valence-corrected chi connectivity index (χ4v) is 2.72. The summed E-state index contributed by atoms with van der Waals surface area (Å²) < 4.78 is 11.3. The van der Waals surface area contributed by atoms with Crippen LogP contribution in [0.5, 0.6) is 5.88 Å². The van der Waals surface area contributed by atoms with Crippen molar-refractivity contribution < 1.29 is 9.15 Å². The molecule has 0 amide bonds. The molecule has 1 aliphatic rings. The van der Waals surface area contributed by atoms with Crippen LogP contribution in [-0.4, -0.2) is 39.8 Å². The highest BCUT2D eigenvalue weighted by Crippen LogP contribution is 2.21. The summed E-state index contributed by atoms with van der Waals surface area (Å²) in [6, 6.07) is 3.96. The monoisotopic (exact) mass is 302 g/mol. The molecular formula is C16H22N4O2. The zero-order chi connectivity index (χ0) is 15.4. The van der Waals surface area contributed by atoms with Gasteiger partial charge in [0.2, 0.25) is 17.7 Å². The van der Waals surface area contributed by atoms with Crippen molar-refractivity contribution in [2.45, 2.75) is 33.2 Å². The van der Waals surface area contributed by atoms with E-state index in [0.29, 0.717) is 17.7 Å². The Morgan fingerprint density at radius 2 is 2.09 bits per heavy atom. The second-order valence-corrected chi connectivity index (χ2v) is 5.87. The Morgan fingerprint density at radius 3 is 2.77 bits per heavy atom. The Bertz CT molecular complexity index is 606. The van der Waals surface area contributed by atoms with Gasteiger partial charge in [0.25, 0.3) is 0 Å². The van der Waals surface area contributed by atoms with Gasteiger partial charge in [-0.3, -0.25) is 4.90 Å². The standard InChI is InChI=1S/C16H22N4O2/c1-12-4-3-7-17-16(12)21-11-14-5-8-20(9-6-14)10-15-19-18-13(2)22-15/h3-4,7,14H,5-6,8-11H2,1-2H3. The maximum absolute atomic E-state index is 5.86. The molecule has 0 atom stereocenters. The van der Waals surface area contributed by atoms with E-state index in [2.05, 4.69) is 20.1 Å². The number of hydrogen-bond donors (Lipinski definition) is 0. The highest BCUT2D eigenvalue weighted by atomic mass is 16.5. The Balaban J connectivity index is 1.43. The zero-order valence-electron chi connectivity index (χ0n) is 13.2. The van der Waals surface area contributed by atoms with Crippen molar-refractivity contribution in [1.29, 1.82) is 0 Å². The van der Waals surface area contributed by atoms with Crippen molar-refractivity contribution in [1.82, 2.24) is 20.1 Å². The highest BCUT2D eigenvalue weighted by molar-refractivity contribution is 5.23. The third-order valence-corrected chi connectivity index (χ3v) is 4.05. The van der Waals surface area contributed by atoms with Crippen LogP contribution in [-0.2, 0) is 6.54 Å². The lowest BCUT2D eigenvalue weighted by atomic mass is 9.98. The first-order valence-corrected chi connectivity index (χ1v) is 7.76. The molecule has 0 aliphatic carbocycles. The molecule has 0 radical (unpaired) electrons. The number of aryl methyl sites for hydroxylation is 2. The summed E-state index contributed by atoms with van der Waals surface area (Å²) in [6.45, 7) is 7.41. The summed E-state index contributed by atoms with van der Waals surface area (Å²) in [7, 11) is 0. The van der Waals surface area contributed by atoms with E-state index in [1.807, 2.05) is 26.0 Å². The minimum Gasteiger partial charge on any atom is -0.477 e. The van der Waals surface area contributed by atoms with Gasteiger partial charge in [-0.25, -0.2) is 4.98 Å². The fraction of sp³-hybridized carbons (Fsp3) is 0.562. The molecule has 6 heteroatoms. The van der Waals surface area contributed by atoms with Crippen LogP contribution in [0.25, 0.3) is 0 Å². The summed E-state index contributed by atoms with van der Waals surface area (Å²) in [5, 5.41) is 7.92. The lowest BCUT2D eigenvalue weighted by Gasteiger charge is -2.30. The minimum atomic E-state index is 0.585. The van der Waals surface area contributed by atoms with Crippen molar-refractivity contribution in [3.05, 3.63) is 35.7 Å². The van der Waals surface area contributed by atoms with Crippen molar-refractivity contribution >= 4 is 0 Å². The predicted molar refractivity (Wildman–Crippen MR) is 81.5 cm³/mol. The number of pyridine rings is 1.